The molecule has 0 N–H and O–H groups in total. The third kappa shape index (κ3) is 5.93. The molecule has 1 heterocycles. The number of hydrogen-bond acceptors (Lipinski definition) is 6. The van der Waals surface area contributed by atoms with Crippen LogP contribution in [-0.2, 0) is 11.4 Å². The SMILES string of the molecule is CCOc1cc(/C=C2\SC(=S)N(c3cccc(C(C)=O)c3)C2=O)ccc1OCc1ccc(Cl)cc1. The quantitative estimate of drug-likeness (QED) is 0.181. The van der Waals surface area contributed by atoms with E-state index in [1.165, 1.54) is 23.6 Å². The van der Waals surface area contributed by atoms with Gasteiger partial charge in [0.1, 0.15) is 6.61 Å². The number of nitrogens with zero attached hydrogens (tertiary/aromatic N) is 1. The van der Waals surface area contributed by atoms with Crippen LogP contribution in [-0.4, -0.2) is 22.6 Å². The Bertz CT molecular complexity index is 1320. The van der Waals surface area contributed by atoms with Gasteiger partial charge in [0.25, 0.3) is 5.91 Å². The van der Waals surface area contributed by atoms with Gasteiger partial charge in [-0.05, 0) is 67.4 Å². The van der Waals surface area contributed by atoms with E-state index in [0.717, 1.165) is 11.1 Å². The highest BCUT2D eigenvalue weighted by Crippen LogP contribution is 2.37. The molecule has 3 aromatic rings. The molecule has 0 atom stereocenters. The summed E-state index contributed by atoms with van der Waals surface area (Å²) in [6, 6.07) is 19.9. The first-order valence-corrected chi connectivity index (χ1v) is 12.5. The van der Waals surface area contributed by atoms with Gasteiger partial charge in [-0.15, -0.1) is 0 Å². The van der Waals surface area contributed by atoms with Crippen LogP contribution >= 0.6 is 35.6 Å². The van der Waals surface area contributed by atoms with Gasteiger partial charge in [-0.2, -0.15) is 0 Å². The summed E-state index contributed by atoms with van der Waals surface area (Å²) in [7, 11) is 0. The number of benzene rings is 3. The van der Waals surface area contributed by atoms with Crippen molar-refractivity contribution >= 4 is 63.4 Å². The first-order chi connectivity index (χ1) is 16.9. The van der Waals surface area contributed by atoms with Gasteiger partial charge in [0.2, 0.25) is 0 Å². The molecule has 8 heteroatoms. The minimum atomic E-state index is -0.235. The Morgan fingerprint density at radius 1 is 1.06 bits per heavy atom. The average molecular weight is 524 g/mol. The lowest BCUT2D eigenvalue weighted by Crippen LogP contribution is -2.27. The molecule has 0 saturated carbocycles. The summed E-state index contributed by atoms with van der Waals surface area (Å²) in [5, 5.41) is 0.671. The van der Waals surface area contributed by atoms with Gasteiger partial charge < -0.3 is 9.47 Å². The second-order valence-electron chi connectivity index (χ2n) is 7.68. The number of ether oxygens (including phenoxy) is 2. The summed E-state index contributed by atoms with van der Waals surface area (Å²) in [5.41, 5.74) is 2.87. The average Bonchev–Trinajstić information content (AvgIpc) is 3.12. The molecule has 0 radical (unpaired) electrons. The van der Waals surface area contributed by atoms with Gasteiger partial charge in [-0.1, -0.05) is 65.9 Å². The zero-order valence-corrected chi connectivity index (χ0v) is 21.5. The number of thiocarbonyl (C=S) groups is 1. The lowest BCUT2D eigenvalue weighted by atomic mass is 10.1. The minimum absolute atomic E-state index is 0.0744. The fourth-order valence-electron chi connectivity index (χ4n) is 3.45. The van der Waals surface area contributed by atoms with Crippen LogP contribution in [0.4, 0.5) is 5.69 Å². The van der Waals surface area contributed by atoms with Gasteiger partial charge in [0.15, 0.2) is 21.6 Å². The molecule has 3 aromatic carbocycles. The number of hydrogen-bond donors (Lipinski definition) is 0. The van der Waals surface area contributed by atoms with E-state index in [0.29, 0.717) is 50.2 Å². The summed E-state index contributed by atoms with van der Waals surface area (Å²) in [6.45, 7) is 4.22. The molecular formula is C27H22ClNO4S2. The van der Waals surface area contributed by atoms with Crippen LogP contribution in [0, 0.1) is 0 Å². The Hall–Kier alpha value is -3.13. The molecule has 5 nitrogen and oxygen atoms in total. The standard InChI is InChI=1S/C27H22ClNO4S2/c1-3-32-24-13-19(9-12-23(24)33-16-18-7-10-21(28)11-8-18)14-25-26(31)29(27(34)35-25)22-6-4-5-20(15-22)17(2)30/h4-15H,3,16H2,1-2H3/b25-14-. The third-order valence-electron chi connectivity index (χ3n) is 5.18. The fraction of sp³-hybridized carbons (Fsp3) is 0.148. The molecule has 0 aliphatic carbocycles. The molecule has 0 unspecified atom stereocenters. The molecule has 35 heavy (non-hydrogen) atoms. The Morgan fingerprint density at radius 2 is 1.83 bits per heavy atom. The van der Waals surface area contributed by atoms with E-state index < -0.39 is 0 Å². The normalized spacial score (nSPS) is 14.5. The summed E-state index contributed by atoms with van der Waals surface area (Å²) in [5.74, 6) is 0.879. The fourth-order valence-corrected chi connectivity index (χ4v) is 4.87. The van der Waals surface area contributed by atoms with Crippen molar-refractivity contribution in [3.8, 4) is 11.5 Å². The summed E-state index contributed by atoms with van der Waals surface area (Å²) in [6.07, 6.45) is 1.78. The Balaban J connectivity index is 1.55. The number of rotatable bonds is 8. The van der Waals surface area contributed by atoms with E-state index in [1.54, 1.807) is 30.3 Å². The zero-order chi connectivity index (χ0) is 24.9. The monoisotopic (exact) mass is 523 g/mol. The Kier molecular flexibility index (Phi) is 7.90. The van der Waals surface area contributed by atoms with E-state index in [-0.39, 0.29) is 11.7 Å². The molecule has 1 aliphatic rings. The van der Waals surface area contributed by atoms with Crippen LogP contribution in [0.1, 0.15) is 35.3 Å². The van der Waals surface area contributed by atoms with Crippen molar-refractivity contribution < 1.29 is 19.1 Å². The number of thioether (sulfide) groups is 1. The number of amides is 1. The maximum absolute atomic E-state index is 13.2. The van der Waals surface area contributed by atoms with Gasteiger partial charge in [-0.3, -0.25) is 14.5 Å². The number of anilines is 1. The van der Waals surface area contributed by atoms with Crippen molar-refractivity contribution in [3.05, 3.63) is 93.3 Å². The highest BCUT2D eigenvalue weighted by molar-refractivity contribution is 8.27. The number of carbonyl (C=O) groups excluding carboxylic acids is 2. The zero-order valence-electron chi connectivity index (χ0n) is 19.1. The second kappa shape index (κ2) is 11.1. The van der Waals surface area contributed by atoms with Crippen LogP contribution in [0.25, 0.3) is 6.08 Å². The van der Waals surface area contributed by atoms with E-state index in [4.69, 9.17) is 33.3 Å². The Morgan fingerprint density at radius 3 is 2.54 bits per heavy atom. The van der Waals surface area contributed by atoms with Crippen molar-refractivity contribution in [3.63, 3.8) is 0 Å². The van der Waals surface area contributed by atoms with Crippen molar-refractivity contribution in [2.24, 2.45) is 0 Å². The predicted molar refractivity (Wildman–Crippen MR) is 145 cm³/mol. The predicted octanol–water partition coefficient (Wildman–Crippen LogP) is 6.93. The molecule has 1 saturated heterocycles. The van der Waals surface area contributed by atoms with E-state index in [2.05, 4.69) is 0 Å². The molecule has 1 fully saturated rings. The van der Waals surface area contributed by atoms with Gasteiger partial charge >= 0.3 is 0 Å². The molecule has 1 amide bonds. The molecular weight excluding hydrogens is 502 g/mol. The van der Waals surface area contributed by atoms with Crippen LogP contribution in [0.5, 0.6) is 11.5 Å². The first-order valence-electron chi connectivity index (χ1n) is 10.9. The summed E-state index contributed by atoms with van der Waals surface area (Å²) in [4.78, 5) is 26.9. The van der Waals surface area contributed by atoms with Crippen LogP contribution in [0.3, 0.4) is 0 Å². The van der Waals surface area contributed by atoms with Gasteiger partial charge in [0, 0.05) is 10.6 Å². The van der Waals surface area contributed by atoms with E-state index >= 15 is 0 Å². The molecule has 0 spiro atoms. The molecule has 1 aliphatic heterocycles. The second-order valence-corrected chi connectivity index (χ2v) is 9.79. The topological polar surface area (TPSA) is 55.8 Å². The number of carbonyl (C=O) groups is 2. The maximum atomic E-state index is 13.2. The molecule has 0 bridgehead atoms. The van der Waals surface area contributed by atoms with E-state index in [1.807, 2.05) is 49.4 Å². The van der Waals surface area contributed by atoms with Crippen LogP contribution < -0.4 is 14.4 Å². The lowest BCUT2D eigenvalue weighted by molar-refractivity contribution is -0.113. The van der Waals surface area contributed by atoms with Crippen LogP contribution in [0.15, 0.2) is 71.6 Å². The van der Waals surface area contributed by atoms with Crippen molar-refractivity contribution in [2.45, 2.75) is 20.5 Å². The molecule has 4 rings (SSSR count). The smallest absolute Gasteiger partial charge is 0.270 e. The van der Waals surface area contributed by atoms with Crippen LogP contribution in [0.2, 0.25) is 5.02 Å². The maximum Gasteiger partial charge on any atom is 0.270 e. The highest BCUT2D eigenvalue weighted by atomic mass is 35.5. The highest BCUT2D eigenvalue weighted by Gasteiger charge is 2.33. The summed E-state index contributed by atoms with van der Waals surface area (Å²) >= 11 is 12.6. The van der Waals surface area contributed by atoms with Crippen molar-refractivity contribution in [2.75, 3.05) is 11.5 Å². The lowest BCUT2D eigenvalue weighted by Gasteiger charge is -2.15. The van der Waals surface area contributed by atoms with Gasteiger partial charge in [0.05, 0.1) is 17.2 Å². The minimum Gasteiger partial charge on any atom is -0.490 e. The summed E-state index contributed by atoms with van der Waals surface area (Å²) < 4.78 is 12.2. The van der Waals surface area contributed by atoms with Crippen molar-refractivity contribution in [1.29, 1.82) is 0 Å². The van der Waals surface area contributed by atoms with Crippen molar-refractivity contribution in [1.82, 2.24) is 0 Å². The largest absolute Gasteiger partial charge is 0.490 e. The van der Waals surface area contributed by atoms with Gasteiger partial charge in [-0.25, -0.2) is 0 Å². The molecule has 178 valence electrons. The Labute approximate surface area is 218 Å². The number of halogens is 1. The van der Waals surface area contributed by atoms with E-state index in [9.17, 15) is 9.59 Å². The number of Topliss-reactive ketones (excluding diaryl/α,β-unsaturated/α-hetero) is 1. The molecule has 0 aromatic heterocycles. The number of ketones is 1. The third-order valence-corrected chi connectivity index (χ3v) is 6.73. The first kappa shape index (κ1) is 25.0.